The first-order valence-corrected chi connectivity index (χ1v) is 10.5. The Morgan fingerprint density at radius 2 is 1.64 bits per heavy atom. The number of aliphatic hydroxyl groups is 1. The molecule has 1 N–H and O–H groups in total. The van der Waals surface area contributed by atoms with E-state index in [9.17, 15) is 14.7 Å². The molecule has 2 heterocycles. The van der Waals surface area contributed by atoms with Crippen molar-refractivity contribution in [3.8, 4) is 17.2 Å². The fourth-order valence-electron chi connectivity index (χ4n) is 4.14. The highest BCUT2D eigenvalue weighted by atomic mass is 16.6. The Balaban J connectivity index is 1.68. The number of methoxy groups -OCH3 is 1. The SMILES string of the molecule is COc1ccc(C2/C(=C(/O)c3ccc4c(c3)OCCO4)C(=O)C(=O)N2c2ccccc2)cc1. The normalized spacial score (nSPS) is 18.9. The third-order valence-electron chi connectivity index (χ3n) is 5.73. The molecule has 3 aromatic rings. The fourth-order valence-corrected chi connectivity index (χ4v) is 4.14. The van der Waals surface area contributed by atoms with Crippen LogP contribution in [0.3, 0.4) is 0 Å². The van der Waals surface area contributed by atoms with Gasteiger partial charge in [-0.3, -0.25) is 14.5 Å². The maximum atomic E-state index is 13.2. The van der Waals surface area contributed by atoms with E-state index in [4.69, 9.17) is 14.2 Å². The van der Waals surface area contributed by atoms with Crippen molar-refractivity contribution in [1.29, 1.82) is 0 Å². The van der Waals surface area contributed by atoms with Gasteiger partial charge in [0.15, 0.2) is 11.5 Å². The molecule has 7 heteroatoms. The summed E-state index contributed by atoms with van der Waals surface area (Å²) >= 11 is 0. The van der Waals surface area contributed by atoms with Crippen LogP contribution < -0.4 is 19.1 Å². The zero-order valence-electron chi connectivity index (χ0n) is 17.9. The topological polar surface area (TPSA) is 85.3 Å². The molecular formula is C26H21NO6. The van der Waals surface area contributed by atoms with Crippen molar-refractivity contribution in [3.63, 3.8) is 0 Å². The number of rotatable bonds is 4. The summed E-state index contributed by atoms with van der Waals surface area (Å²) in [6.07, 6.45) is 0. The van der Waals surface area contributed by atoms with Crippen LogP contribution in [0, 0.1) is 0 Å². The van der Waals surface area contributed by atoms with Gasteiger partial charge in [0.25, 0.3) is 11.7 Å². The molecule has 0 aromatic heterocycles. The van der Waals surface area contributed by atoms with Crippen LogP contribution in [-0.4, -0.2) is 37.1 Å². The quantitative estimate of drug-likeness (QED) is 0.371. The largest absolute Gasteiger partial charge is 0.507 e. The second-order valence-electron chi connectivity index (χ2n) is 7.64. The van der Waals surface area contributed by atoms with Crippen molar-refractivity contribution in [2.24, 2.45) is 0 Å². The Labute approximate surface area is 190 Å². The van der Waals surface area contributed by atoms with Gasteiger partial charge >= 0.3 is 0 Å². The van der Waals surface area contributed by atoms with Crippen molar-refractivity contribution in [3.05, 3.63) is 89.5 Å². The molecule has 0 aliphatic carbocycles. The second kappa shape index (κ2) is 8.35. The predicted octanol–water partition coefficient (Wildman–Crippen LogP) is 4.09. The minimum atomic E-state index is -0.813. The standard InChI is InChI=1S/C26H21NO6/c1-31-19-10-7-16(8-11-19)23-22(25(29)26(30)27(23)18-5-3-2-4-6-18)24(28)17-9-12-20-21(15-17)33-14-13-32-20/h2-12,15,23,28H,13-14H2,1H3/b24-22-. The first-order valence-electron chi connectivity index (χ1n) is 10.5. The van der Waals surface area contributed by atoms with Crippen LogP contribution in [0.25, 0.3) is 5.76 Å². The van der Waals surface area contributed by atoms with E-state index in [1.807, 2.05) is 6.07 Å². The van der Waals surface area contributed by atoms with E-state index in [0.29, 0.717) is 47.3 Å². The Morgan fingerprint density at radius 3 is 2.33 bits per heavy atom. The van der Waals surface area contributed by atoms with Gasteiger partial charge in [-0.05, 0) is 48.0 Å². The molecule has 0 bridgehead atoms. The van der Waals surface area contributed by atoms with Crippen LogP contribution in [-0.2, 0) is 9.59 Å². The second-order valence-corrected chi connectivity index (χ2v) is 7.64. The van der Waals surface area contributed by atoms with E-state index in [0.717, 1.165) is 0 Å². The molecule has 1 unspecified atom stereocenters. The van der Waals surface area contributed by atoms with Gasteiger partial charge in [-0.1, -0.05) is 30.3 Å². The number of benzene rings is 3. The van der Waals surface area contributed by atoms with Crippen LogP contribution in [0.5, 0.6) is 17.2 Å². The molecule has 0 spiro atoms. The summed E-state index contributed by atoms with van der Waals surface area (Å²) in [4.78, 5) is 27.8. The minimum absolute atomic E-state index is 0.00528. The van der Waals surface area contributed by atoms with Gasteiger partial charge < -0.3 is 19.3 Å². The first-order chi connectivity index (χ1) is 16.1. The monoisotopic (exact) mass is 443 g/mol. The number of hydrogen-bond acceptors (Lipinski definition) is 6. The highest BCUT2D eigenvalue weighted by Gasteiger charge is 2.47. The van der Waals surface area contributed by atoms with Crippen molar-refractivity contribution in [1.82, 2.24) is 0 Å². The molecule has 166 valence electrons. The number of nitrogens with zero attached hydrogens (tertiary/aromatic N) is 1. The van der Waals surface area contributed by atoms with Crippen LogP contribution in [0.4, 0.5) is 5.69 Å². The molecule has 1 fully saturated rings. The minimum Gasteiger partial charge on any atom is -0.507 e. The number of aliphatic hydroxyl groups excluding tert-OH is 1. The number of carbonyl (C=O) groups is 2. The molecule has 1 atom stereocenters. The number of fused-ring (bicyclic) bond motifs is 1. The van der Waals surface area contributed by atoms with E-state index in [1.54, 1.807) is 73.8 Å². The van der Waals surface area contributed by atoms with E-state index in [-0.39, 0.29) is 11.3 Å². The third-order valence-corrected chi connectivity index (χ3v) is 5.73. The van der Waals surface area contributed by atoms with Gasteiger partial charge in [0.1, 0.15) is 24.7 Å². The Hall–Kier alpha value is -4.26. The summed E-state index contributed by atoms with van der Waals surface area (Å²) in [5.74, 6) is -0.0576. The number of para-hydroxylation sites is 1. The highest BCUT2D eigenvalue weighted by molar-refractivity contribution is 6.51. The maximum absolute atomic E-state index is 13.2. The molecule has 0 radical (unpaired) electrons. The van der Waals surface area contributed by atoms with Gasteiger partial charge in [-0.2, -0.15) is 0 Å². The average molecular weight is 443 g/mol. The lowest BCUT2D eigenvalue weighted by Gasteiger charge is -2.25. The molecule has 2 aliphatic rings. The molecule has 0 saturated carbocycles. The fraction of sp³-hybridized carbons (Fsp3) is 0.154. The average Bonchev–Trinajstić information content (AvgIpc) is 3.14. The molecule has 1 saturated heterocycles. The number of carbonyl (C=O) groups excluding carboxylic acids is 2. The Bertz CT molecular complexity index is 1250. The zero-order chi connectivity index (χ0) is 22.9. The summed E-state index contributed by atoms with van der Waals surface area (Å²) in [5.41, 5.74) is 1.59. The predicted molar refractivity (Wildman–Crippen MR) is 122 cm³/mol. The number of hydrogen-bond donors (Lipinski definition) is 1. The lowest BCUT2D eigenvalue weighted by Crippen LogP contribution is -2.29. The smallest absolute Gasteiger partial charge is 0.300 e. The third kappa shape index (κ3) is 3.57. The Morgan fingerprint density at radius 1 is 0.939 bits per heavy atom. The van der Waals surface area contributed by atoms with Gasteiger partial charge in [0.2, 0.25) is 0 Å². The number of amides is 1. The van der Waals surface area contributed by atoms with Gasteiger partial charge in [-0.25, -0.2) is 0 Å². The van der Waals surface area contributed by atoms with Gasteiger partial charge in [0.05, 0.1) is 18.7 Å². The van der Waals surface area contributed by atoms with E-state index >= 15 is 0 Å². The number of anilines is 1. The molecule has 3 aromatic carbocycles. The van der Waals surface area contributed by atoms with Crippen molar-refractivity contribution < 1.29 is 28.9 Å². The van der Waals surface area contributed by atoms with Crippen LogP contribution >= 0.6 is 0 Å². The molecule has 33 heavy (non-hydrogen) atoms. The molecule has 1 amide bonds. The van der Waals surface area contributed by atoms with Crippen LogP contribution in [0.2, 0.25) is 0 Å². The van der Waals surface area contributed by atoms with Crippen molar-refractivity contribution >= 4 is 23.1 Å². The van der Waals surface area contributed by atoms with Crippen molar-refractivity contribution in [2.75, 3.05) is 25.2 Å². The number of ketones is 1. The van der Waals surface area contributed by atoms with E-state index < -0.39 is 17.7 Å². The molecule has 5 rings (SSSR count). The summed E-state index contributed by atoms with van der Waals surface area (Å²) < 4.78 is 16.4. The highest BCUT2D eigenvalue weighted by Crippen LogP contribution is 2.43. The summed E-state index contributed by atoms with van der Waals surface area (Å²) in [5, 5.41) is 11.3. The number of Topliss-reactive ketones (excluding diaryl/α,β-unsaturated/α-hetero) is 1. The molecular weight excluding hydrogens is 422 g/mol. The zero-order valence-corrected chi connectivity index (χ0v) is 17.9. The van der Waals surface area contributed by atoms with Crippen LogP contribution in [0.1, 0.15) is 17.2 Å². The van der Waals surface area contributed by atoms with Crippen LogP contribution in [0.15, 0.2) is 78.4 Å². The first kappa shape index (κ1) is 20.6. The van der Waals surface area contributed by atoms with Gasteiger partial charge in [0, 0.05) is 11.3 Å². The Kier molecular flexibility index (Phi) is 5.22. The summed E-state index contributed by atoms with van der Waals surface area (Å²) in [7, 11) is 1.56. The maximum Gasteiger partial charge on any atom is 0.300 e. The molecule has 7 nitrogen and oxygen atoms in total. The van der Waals surface area contributed by atoms with Gasteiger partial charge in [-0.15, -0.1) is 0 Å². The van der Waals surface area contributed by atoms with Crippen molar-refractivity contribution in [2.45, 2.75) is 6.04 Å². The number of ether oxygens (including phenoxy) is 3. The lowest BCUT2D eigenvalue weighted by atomic mass is 9.95. The lowest BCUT2D eigenvalue weighted by molar-refractivity contribution is -0.132. The summed E-state index contributed by atoms with van der Waals surface area (Å²) in [6.45, 7) is 0.833. The van der Waals surface area contributed by atoms with E-state index in [1.165, 1.54) is 4.90 Å². The summed E-state index contributed by atoms with van der Waals surface area (Å²) in [6, 6.07) is 20.1. The van der Waals surface area contributed by atoms with E-state index in [2.05, 4.69) is 0 Å². The molecule has 2 aliphatic heterocycles.